The number of fused-ring (bicyclic) bond motifs is 1. The van der Waals surface area contributed by atoms with Crippen molar-refractivity contribution in [3.63, 3.8) is 0 Å². The molecule has 3 aromatic heterocycles. The molecule has 0 spiro atoms. The van der Waals surface area contributed by atoms with E-state index in [1.165, 1.54) is 25.9 Å². The molecule has 10 heteroatoms. The number of rotatable bonds is 9. The number of carbonyl (C=O) groups is 1. The molecule has 4 aromatic rings. The Balaban J connectivity index is 1.26. The van der Waals surface area contributed by atoms with Crippen LogP contribution in [0.3, 0.4) is 0 Å². The lowest BCUT2D eigenvalue weighted by molar-refractivity contribution is -0.116. The van der Waals surface area contributed by atoms with Gasteiger partial charge < -0.3 is 15.5 Å². The number of piperidine rings is 1. The average molecular weight is 545 g/mol. The van der Waals surface area contributed by atoms with Gasteiger partial charge in [0, 0.05) is 36.7 Å². The summed E-state index contributed by atoms with van der Waals surface area (Å²) in [6.45, 7) is 9.79. The third kappa shape index (κ3) is 6.88. The van der Waals surface area contributed by atoms with Crippen molar-refractivity contribution in [2.75, 3.05) is 30.3 Å². The van der Waals surface area contributed by atoms with Gasteiger partial charge in [-0.2, -0.15) is 5.10 Å². The number of likely N-dealkylation sites (tertiary alicyclic amines) is 1. The summed E-state index contributed by atoms with van der Waals surface area (Å²) in [6.07, 6.45) is 13.0. The molecule has 0 aliphatic carbocycles. The van der Waals surface area contributed by atoms with Gasteiger partial charge in [-0.05, 0) is 57.7 Å². The zero-order valence-corrected chi connectivity index (χ0v) is 23.7. The van der Waals surface area contributed by atoms with Gasteiger partial charge in [-0.1, -0.05) is 30.7 Å². The number of nitrogens with one attached hydrogen (secondary N) is 2. The van der Waals surface area contributed by atoms with E-state index in [2.05, 4.69) is 56.2 Å². The predicted molar refractivity (Wildman–Crippen MR) is 159 cm³/mol. The van der Waals surface area contributed by atoms with Crippen LogP contribution in [0.4, 0.5) is 11.5 Å². The number of hydrogen-bond acceptors (Lipinski definition) is 7. The maximum Gasteiger partial charge on any atom is 0.246 e. The first kappa shape index (κ1) is 27.0. The minimum atomic E-state index is -0.138. The van der Waals surface area contributed by atoms with E-state index in [1.807, 2.05) is 54.9 Å². The molecule has 1 aliphatic heterocycles. The van der Waals surface area contributed by atoms with Crippen LogP contribution < -0.4 is 10.6 Å². The number of thiol groups is 1. The smallest absolute Gasteiger partial charge is 0.246 e. The summed E-state index contributed by atoms with van der Waals surface area (Å²) in [5, 5.41) is 11.4. The molecule has 5 rings (SSSR count). The summed E-state index contributed by atoms with van der Waals surface area (Å²) in [6, 6.07) is 7.72. The highest BCUT2D eigenvalue weighted by Crippen LogP contribution is 2.25. The van der Waals surface area contributed by atoms with Crippen LogP contribution in [0.2, 0.25) is 0 Å². The molecule has 1 unspecified atom stereocenters. The van der Waals surface area contributed by atoms with E-state index in [-0.39, 0.29) is 12.5 Å². The topological polar surface area (TPSA) is 92.4 Å². The van der Waals surface area contributed by atoms with Gasteiger partial charge in [0.2, 0.25) is 5.91 Å². The number of benzene rings is 1. The average Bonchev–Trinajstić information content (AvgIpc) is 3.52. The zero-order chi connectivity index (χ0) is 27.4. The van der Waals surface area contributed by atoms with Gasteiger partial charge in [-0.25, -0.2) is 9.97 Å². The van der Waals surface area contributed by atoms with Crippen LogP contribution in [-0.4, -0.2) is 54.6 Å². The van der Waals surface area contributed by atoms with Crippen molar-refractivity contribution in [3.05, 3.63) is 71.4 Å². The van der Waals surface area contributed by atoms with Gasteiger partial charge in [0.05, 0.1) is 28.8 Å². The molecule has 204 valence electrons. The summed E-state index contributed by atoms with van der Waals surface area (Å²) in [5.74, 6) is 1.29. The Hall–Kier alpha value is -3.63. The van der Waals surface area contributed by atoms with Crippen molar-refractivity contribution in [1.82, 2.24) is 29.0 Å². The SMILES string of the molecule is Cc1ccc(NC(=O)Cn2cc(-c3cnc4c(N/C(S)=C/CCN5CCCC(C)C5)nc(C)cn34)cn2)cc1. The number of anilines is 2. The number of aryl methyl sites for hydroxylation is 2. The van der Waals surface area contributed by atoms with Gasteiger partial charge >= 0.3 is 0 Å². The van der Waals surface area contributed by atoms with Gasteiger partial charge in [0.1, 0.15) is 6.54 Å². The van der Waals surface area contributed by atoms with E-state index < -0.39 is 0 Å². The van der Waals surface area contributed by atoms with E-state index in [9.17, 15) is 4.79 Å². The molecule has 0 bridgehead atoms. The first-order valence-corrected chi connectivity index (χ1v) is 13.9. The van der Waals surface area contributed by atoms with Gasteiger partial charge in [-0.15, -0.1) is 12.6 Å². The minimum absolute atomic E-state index is 0.113. The quantitative estimate of drug-likeness (QED) is 0.252. The highest BCUT2D eigenvalue weighted by molar-refractivity contribution is 7.84. The lowest BCUT2D eigenvalue weighted by Crippen LogP contribution is -2.34. The van der Waals surface area contributed by atoms with Crippen LogP contribution in [-0.2, 0) is 11.3 Å². The van der Waals surface area contributed by atoms with Crippen molar-refractivity contribution in [2.24, 2.45) is 5.92 Å². The molecular weight excluding hydrogens is 508 g/mol. The van der Waals surface area contributed by atoms with Crippen LogP contribution in [0.25, 0.3) is 16.9 Å². The highest BCUT2D eigenvalue weighted by Gasteiger charge is 2.16. The predicted octanol–water partition coefficient (Wildman–Crippen LogP) is 5.15. The standard InChI is InChI=1S/C29H36N8OS/c1-20-8-10-24(11-9-20)33-26(38)19-36-18-23(14-31-36)25-15-30-29-28(32-22(3)17-37(25)29)34-27(39)7-5-13-35-12-4-6-21(2)16-35/h7-11,14-15,17-18,21,39H,4-6,12-13,16,19H2,1-3H3,(H,32,34)(H,33,38)/b27-7-. The molecule has 39 heavy (non-hydrogen) atoms. The third-order valence-electron chi connectivity index (χ3n) is 6.95. The number of carbonyl (C=O) groups excluding carboxylic acids is 1. The second kappa shape index (κ2) is 12.0. The maximum atomic E-state index is 12.5. The van der Waals surface area contributed by atoms with Crippen molar-refractivity contribution in [3.8, 4) is 11.3 Å². The monoisotopic (exact) mass is 544 g/mol. The molecule has 0 saturated carbocycles. The van der Waals surface area contributed by atoms with Gasteiger partial charge in [0.25, 0.3) is 0 Å². The molecule has 9 nitrogen and oxygen atoms in total. The molecule has 0 radical (unpaired) electrons. The number of imidazole rings is 1. The number of nitrogens with zero attached hydrogens (tertiary/aromatic N) is 6. The number of hydrogen-bond donors (Lipinski definition) is 3. The molecule has 1 amide bonds. The molecular formula is C29H36N8OS. The van der Waals surface area contributed by atoms with Gasteiger partial charge in [0.15, 0.2) is 11.5 Å². The summed E-state index contributed by atoms with van der Waals surface area (Å²) in [4.78, 5) is 24.4. The fourth-order valence-corrected chi connectivity index (χ4v) is 5.25. The van der Waals surface area contributed by atoms with Crippen molar-refractivity contribution >= 4 is 35.7 Å². The summed E-state index contributed by atoms with van der Waals surface area (Å²) >= 11 is 4.67. The lowest BCUT2D eigenvalue weighted by Gasteiger charge is -2.30. The third-order valence-corrected chi connectivity index (χ3v) is 7.25. The van der Waals surface area contributed by atoms with E-state index >= 15 is 0 Å². The zero-order valence-electron chi connectivity index (χ0n) is 22.8. The Bertz CT molecular complexity index is 1470. The first-order chi connectivity index (χ1) is 18.8. The number of aromatic nitrogens is 5. The summed E-state index contributed by atoms with van der Waals surface area (Å²) in [7, 11) is 0. The molecule has 1 fully saturated rings. The van der Waals surface area contributed by atoms with Gasteiger partial charge in [-0.3, -0.25) is 13.9 Å². The molecule has 1 aromatic carbocycles. The Morgan fingerprint density at radius 3 is 2.77 bits per heavy atom. The summed E-state index contributed by atoms with van der Waals surface area (Å²) in [5.41, 5.74) is 5.18. The molecule has 4 heterocycles. The molecule has 1 aliphatic rings. The Morgan fingerprint density at radius 1 is 1.15 bits per heavy atom. The fraction of sp³-hybridized carbons (Fsp3) is 0.379. The fourth-order valence-electron chi connectivity index (χ4n) is 5.02. The molecule has 2 N–H and O–H groups in total. The lowest BCUT2D eigenvalue weighted by atomic mass is 10.0. The van der Waals surface area contributed by atoms with E-state index in [1.54, 1.807) is 17.1 Å². The molecule has 1 atom stereocenters. The van der Waals surface area contributed by atoms with Crippen LogP contribution in [0, 0.1) is 19.8 Å². The Kier molecular flexibility index (Phi) is 8.33. The van der Waals surface area contributed by atoms with Crippen molar-refractivity contribution in [2.45, 2.75) is 46.6 Å². The van der Waals surface area contributed by atoms with Crippen LogP contribution >= 0.6 is 12.6 Å². The molecule has 1 saturated heterocycles. The first-order valence-electron chi connectivity index (χ1n) is 13.5. The largest absolute Gasteiger partial charge is 0.332 e. The van der Waals surface area contributed by atoms with Crippen molar-refractivity contribution in [1.29, 1.82) is 0 Å². The van der Waals surface area contributed by atoms with E-state index in [4.69, 9.17) is 0 Å². The Labute approximate surface area is 234 Å². The van der Waals surface area contributed by atoms with E-state index in [0.29, 0.717) is 11.5 Å². The van der Waals surface area contributed by atoms with E-state index in [0.717, 1.165) is 52.1 Å². The Morgan fingerprint density at radius 2 is 1.97 bits per heavy atom. The highest BCUT2D eigenvalue weighted by atomic mass is 32.1. The van der Waals surface area contributed by atoms with Crippen LogP contribution in [0.15, 0.2) is 60.2 Å². The maximum absolute atomic E-state index is 12.5. The summed E-state index contributed by atoms with van der Waals surface area (Å²) < 4.78 is 3.62. The van der Waals surface area contributed by atoms with Crippen LogP contribution in [0.5, 0.6) is 0 Å². The number of amides is 1. The normalized spacial score (nSPS) is 16.5. The minimum Gasteiger partial charge on any atom is -0.332 e. The van der Waals surface area contributed by atoms with Crippen LogP contribution in [0.1, 0.15) is 37.4 Å². The second-order valence-corrected chi connectivity index (χ2v) is 10.9. The second-order valence-electron chi connectivity index (χ2n) is 10.5. The van der Waals surface area contributed by atoms with Crippen molar-refractivity contribution < 1.29 is 4.79 Å².